The second-order valence-electron chi connectivity index (χ2n) is 3.93. The number of nitrogens with zero attached hydrogens (tertiary/aromatic N) is 3. The molecule has 0 unspecified atom stereocenters. The minimum Gasteiger partial charge on any atom is -0.406 e. The van der Waals surface area contributed by atoms with Gasteiger partial charge in [-0.1, -0.05) is 5.16 Å². The number of carbonyl (C=O) groups is 1. The molecule has 3 rings (SSSR count). The average molecular weight is 275 g/mol. The van der Waals surface area contributed by atoms with E-state index in [1.54, 1.807) is 18.3 Å². The zero-order valence-corrected chi connectivity index (χ0v) is 10.1. The first kappa shape index (κ1) is 12.1. The first-order chi connectivity index (χ1) is 9.69. The Kier molecular flexibility index (Phi) is 2.80. The van der Waals surface area contributed by atoms with Crippen LogP contribution in [0.4, 0.5) is 0 Å². The Bertz CT molecular complexity index is 831. The molecule has 9 nitrogen and oxygen atoms in total. The Balaban J connectivity index is 1.97. The third-order valence-corrected chi connectivity index (χ3v) is 2.66. The molecule has 0 bridgehead atoms. The van der Waals surface area contributed by atoms with Gasteiger partial charge in [-0.25, -0.2) is 15.6 Å². The van der Waals surface area contributed by atoms with Crippen molar-refractivity contribution in [3.05, 3.63) is 46.4 Å². The highest BCUT2D eigenvalue weighted by molar-refractivity contribution is 5.91. The standard InChI is InChI=1S/C11H9N5O4/c12-14-10(17)7-4-6(20-15-7)5-16-9-8(19-11(16)18)2-1-3-13-9/h1-4H,5,12H2,(H,14,17). The minimum absolute atomic E-state index is 0.0244. The van der Waals surface area contributed by atoms with Crippen molar-refractivity contribution < 1.29 is 13.7 Å². The number of hydrogen-bond acceptors (Lipinski definition) is 7. The molecule has 3 N–H and O–H groups in total. The molecule has 0 saturated carbocycles. The van der Waals surface area contributed by atoms with Crippen LogP contribution in [0.15, 0.2) is 38.1 Å². The number of aromatic nitrogens is 3. The van der Waals surface area contributed by atoms with Crippen molar-refractivity contribution in [2.24, 2.45) is 5.84 Å². The number of hydrogen-bond donors (Lipinski definition) is 2. The summed E-state index contributed by atoms with van der Waals surface area (Å²) in [5, 5.41) is 3.54. The van der Waals surface area contributed by atoms with Crippen LogP contribution < -0.4 is 17.0 Å². The Morgan fingerprint density at radius 3 is 3.15 bits per heavy atom. The van der Waals surface area contributed by atoms with Crippen molar-refractivity contribution in [3.63, 3.8) is 0 Å². The number of nitrogens with one attached hydrogen (secondary N) is 1. The molecule has 0 atom stereocenters. The van der Waals surface area contributed by atoms with Gasteiger partial charge in [0, 0.05) is 12.3 Å². The van der Waals surface area contributed by atoms with Crippen LogP contribution in [0.5, 0.6) is 0 Å². The molecule has 102 valence electrons. The van der Waals surface area contributed by atoms with Gasteiger partial charge in [0.25, 0.3) is 5.91 Å². The van der Waals surface area contributed by atoms with Gasteiger partial charge in [0.1, 0.15) is 0 Å². The fourth-order valence-electron chi connectivity index (χ4n) is 1.76. The van der Waals surface area contributed by atoms with Crippen LogP contribution in [-0.2, 0) is 6.54 Å². The summed E-state index contributed by atoms with van der Waals surface area (Å²) in [7, 11) is 0. The number of fused-ring (bicyclic) bond motifs is 1. The van der Waals surface area contributed by atoms with Crippen molar-refractivity contribution in [2.45, 2.75) is 6.54 Å². The van der Waals surface area contributed by atoms with Gasteiger partial charge in [0.05, 0.1) is 6.54 Å². The van der Waals surface area contributed by atoms with E-state index < -0.39 is 11.7 Å². The summed E-state index contributed by atoms with van der Waals surface area (Å²) in [6.07, 6.45) is 1.54. The van der Waals surface area contributed by atoms with Gasteiger partial charge in [0.2, 0.25) is 0 Å². The van der Waals surface area contributed by atoms with Gasteiger partial charge >= 0.3 is 5.76 Å². The molecule has 0 saturated heterocycles. The fourth-order valence-corrected chi connectivity index (χ4v) is 1.76. The first-order valence-corrected chi connectivity index (χ1v) is 5.60. The third-order valence-electron chi connectivity index (χ3n) is 2.66. The maximum Gasteiger partial charge on any atom is 0.421 e. The van der Waals surface area contributed by atoms with E-state index in [1.807, 2.05) is 5.43 Å². The van der Waals surface area contributed by atoms with E-state index in [1.165, 1.54) is 10.6 Å². The van der Waals surface area contributed by atoms with Crippen LogP contribution >= 0.6 is 0 Å². The number of nitrogens with two attached hydrogens (primary N) is 1. The molecule has 3 aromatic heterocycles. The van der Waals surface area contributed by atoms with Crippen molar-refractivity contribution >= 4 is 17.1 Å². The largest absolute Gasteiger partial charge is 0.421 e. The molecule has 0 aliphatic heterocycles. The topological polar surface area (TPSA) is 129 Å². The quantitative estimate of drug-likeness (QED) is 0.379. The van der Waals surface area contributed by atoms with Crippen molar-refractivity contribution in [2.75, 3.05) is 0 Å². The van der Waals surface area contributed by atoms with Crippen LogP contribution in [0.2, 0.25) is 0 Å². The molecular weight excluding hydrogens is 266 g/mol. The Hall–Kier alpha value is -2.94. The molecule has 0 aliphatic rings. The van der Waals surface area contributed by atoms with Crippen LogP contribution in [0, 0.1) is 0 Å². The molecule has 0 aliphatic carbocycles. The summed E-state index contributed by atoms with van der Waals surface area (Å²) in [6, 6.07) is 4.68. The highest BCUT2D eigenvalue weighted by Gasteiger charge is 2.15. The molecule has 0 spiro atoms. The third kappa shape index (κ3) is 1.95. The number of carbonyl (C=O) groups excluding carboxylic acids is 1. The fraction of sp³-hybridized carbons (Fsp3) is 0.0909. The number of amides is 1. The summed E-state index contributed by atoms with van der Waals surface area (Å²) in [5.74, 6) is 4.14. The molecule has 0 fully saturated rings. The summed E-state index contributed by atoms with van der Waals surface area (Å²) in [4.78, 5) is 27.0. The molecule has 1 amide bonds. The molecule has 0 radical (unpaired) electrons. The maximum absolute atomic E-state index is 11.7. The lowest BCUT2D eigenvalue weighted by Gasteiger charge is -1.96. The molecule has 3 heterocycles. The van der Waals surface area contributed by atoms with Gasteiger partial charge in [-0.2, -0.15) is 0 Å². The van der Waals surface area contributed by atoms with E-state index >= 15 is 0 Å². The summed E-state index contributed by atoms with van der Waals surface area (Å²) in [6.45, 7) is 0.0493. The second kappa shape index (κ2) is 4.63. The van der Waals surface area contributed by atoms with Crippen molar-refractivity contribution in [1.29, 1.82) is 0 Å². The molecule has 0 aromatic carbocycles. The zero-order valence-electron chi connectivity index (χ0n) is 10.1. The Labute approximate surface area is 110 Å². The zero-order chi connectivity index (χ0) is 14.1. The van der Waals surface area contributed by atoms with E-state index in [9.17, 15) is 9.59 Å². The minimum atomic E-state index is -0.581. The lowest BCUT2D eigenvalue weighted by molar-refractivity contribution is 0.0944. The molecule has 20 heavy (non-hydrogen) atoms. The van der Waals surface area contributed by atoms with E-state index in [4.69, 9.17) is 14.8 Å². The maximum atomic E-state index is 11.7. The smallest absolute Gasteiger partial charge is 0.406 e. The van der Waals surface area contributed by atoms with Gasteiger partial charge in [-0.05, 0) is 12.1 Å². The summed E-state index contributed by atoms with van der Waals surface area (Å²) < 4.78 is 11.3. The molecule has 3 aromatic rings. The lowest BCUT2D eigenvalue weighted by Crippen LogP contribution is -2.30. The number of pyridine rings is 1. The monoisotopic (exact) mass is 275 g/mol. The Morgan fingerprint density at radius 1 is 1.50 bits per heavy atom. The highest BCUT2D eigenvalue weighted by Crippen LogP contribution is 2.11. The predicted octanol–water partition coefficient (Wildman–Crippen LogP) is -0.371. The Morgan fingerprint density at radius 2 is 2.35 bits per heavy atom. The average Bonchev–Trinajstić information content (AvgIpc) is 3.04. The summed E-state index contributed by atoms with van der Waals surface area (Å²) >= 11 is 0. The first-order valence-electron chi connectivity index (χ1n) is 5.60. The van der Waals surface area contributed by atoms with E-state index in [0.717, 1.165) is 0 Å². The number of nitrogen functional groups attached to an aromatic ring is 1. The van der Waals surface area contributed by atoms with Crippen molar-refractivity contribution in [1.82, 2.24) is 20.1 Å². The number of hydrazine groups is 1. The lowest BCUT2D eigenvalue weighted by atomic mass is 10.3. The SMILES string of the molecule is NNC(=O)c1cc(Cn2c(=O)oc3cccnc32)on1. The predicted molar refractivity (Wildman–Crippen MR) is 65.5 cm³/mol. The van der Waals surface area contributed by atoms with E-state index in [2.05, 4.69) is 10.1 Å². The van der Waals surface area contributed by atoms with E-state index in [-0.39, 0.29) is 12.2 Å². The van der Waals surface area contributed by atoms with Crippen LogP contribution in [0.25, 0.3) is 11.2 Å². The second-order valence-corrected chi connectivity index (χ2v) is 3.93. The van der Waals surface area contributed by atoms with E-state index in [0.29, 0.717) is 17.0 Å². The highest BCUT2D eigenvalue weighted by atomic mass is 16.5. The van der Waals surface area contributed by atoms with Gasteiger partial charge in [0.15, 0.2) is 22.7 Å². The normalized spacial score (nSPS) is 10.8. The van der Waals surface area contributed by atoms with Gasteiger partial charge in [-0.3, -0.25) is 14.8 Å². The van der Waals surface area contributed by atoms with Crippen LogP contribution in [0.1, 0.15) is 16.2 Å². The van der Waals surface area contributed by atoms with Gasteiger partial charge < -0.3 is 8.94 Å². The van der Waals surface area contributed by atoms with Crippen LogP contribution in [-0.4, -0.2) is 20.6 Å². The molecule has 9 heteroatoms. The number of rotatable bonds is 3. The van der Waals surface area contributed by atoms with Gasteiger partial charge in [-0.15, -0.1) is 0 Å². The summed E-state index contributed by atoms with van der Waals surface area (Å²) in [5.41, 5.74) is 2.72. The van der Waals surface area contributed by atoms with Crippen molar-refractivity contribution in [3.8, 4) is 0 Å². The van der Waals surface area contributed by atoms with Crippen LogP contribution in [0.3, 0.4) is 0 Å². The molecular formula is C11H9N5O4. The number of oxazole rings is 1.